The smallest absolute Gasteiger partial charge is 0.424 e. The number of benzene rings is 1. The summed E-state index contributed by atoms with van der Waals surface area (Å²) in [4.78, 5) is 39.5. The third kappa shape index (κ3) is 4.31. The van der Waals surface area contributed by atoms with Crippen LogP contribution in [-0.4, -0.2) is 56.2 Å². The maximum atomic E-state index is 14.5. The Hall–Kier alpha value is -4.59. The predicted octanol–water partition coefficient (Wildman–Crippen LogP) is 2.47. The first-order chi connectivity index (χ1) is 18.3. The number of carbonyl (C=O) groups is 2. The van der Waals surface area contributed by atoms with Crippen LogP contribution in [0.25, 0.3) is 22.4 Å². The number of aromatic nitrogens is 4. The quantitative estimate of drug-likeness (QED) is 0.272. The fourth-order valence-corrected chi connectivity index (χ4v) is 4.18. The average Bonchev–Trinajstić information content (AvgIpc) is 3.49. The van der Waals surface area contributed by atoms with Gasteiger partial charge in [0.25, 0.3) is 5.91 Å². The number of primary amides is 1. The molecule has 5 rings (SSSR count). The predicted molar refractivity (Wildman–Crippen MR) is 128 cm³/mol. The number of nitrogens with one attached hydrogen (secondary N) is 2. The maximum absolute atomic E-state index is 14.5. The van der Waals surface area contributed by atoms with Crippen LogP contribution in [0.4, 0.5) is 17.6 Å². The van der Waals surface area contributed by atoms with E-state index in [9.17, 15) is 32.3 Å². The Morgan fingerprint density at radius 3 is 2.56 bits per heavy atom. The first-order valence-corrected chi connectivity index (χ1v) is 11.5. The van der Waals surface area contributed by atoms with Gasteiger partial charge in [0.15, 0.2) is 11.5 Å². The number of imidazole rings is 1. The fraction of sp³-hybridized carbons (Fsp3) is 0.240. The summed E-state index contributed by atoms with van der Waals surface area (Å²) >= 11 is 0. The molecule has 4 aromatic rings. The molecule has 1 aliphatic rings. The second-order valence-electron chi connectivity index (χ2n) is 9.23. The summed E-state index contributed by atoms with van der Waals surface area (Å²) in [7, 11) is 0. The second-order valence-corrected chi connectivity index (χ2v) is 9.23. The standard InChI is InChI=1S/C25H20F4N6O4/c1-23(22(30)37)11-39-18-14(23)9-16(34-17(18)12-4-6-13(26)7-5-12)24(38,25(27,28)29)10-32-21(36)20-33-15-3-2-8-31-19(15)35-20/h2-9,38H,10-11H2,1H3,(H2,30,37)(H,32,36)(H,31,33,35)/t23-,24-/m0/s1. The first kappa shape index (κ1) is 26.0. The highest BCUT2D eigenvalue weighted by Crippen LogP contribution is 2.47. The van der Waals surface area contributed by atoms with Gasteiger partial charge in [-0.2, -0.15) is 13.2 Å². The van der Waals surface area contributed by atoms with Crippen LogP contribution in [0.3, 0.4) is 0 Å². The maximum Gasteiger partial charge on any atom is 0.424 e. The molecular weight excluding hydrogens is 524 g/mol. The molecule has 202 valence electrons. The molecule has 1 aromatic carbocycles. The fourth-order valence-electron chi connectivity index (χ4n) is 4.18. The van der Waals surface area contributed by atoms with Gasteiger partial charge in [-0.05, 0) is 49.4 Å². The largest absolute Gasteiger partial charge is 0.489 e. The number of halogens is 4. The van der Waals surface area contributed by atoms with Gasteiger partial charge in [0.2, 0.25) is 11.5 Å². The summed E-state index contributed by atoms with van der Waals surface area (Å²) in [6.45, 7) is -0.274. The minimum atomic E-state index is -5.35. The van der Waals surface area contributed by atoms with Gasteiger partial charge < -0.3 is 25.9 Å². The van der Waals surface area contributed by atoms with Crippen molar-refractivity contribution in [3.63, 3.8) is 0 Å². The molecule has 0 spiro atoms. The highest BCUT2D eigenvalue weighted by molar-refractivity contribution is 5.93. The molecule has 14 heteroatoms. The van der Waals surface area contributed by atoms with Gasteiger partial charge in [0.05, 0.1) is 17.8 Å². The Balaban J connectivity index is 1.59. The number of carbonyl (C=O) groups excluding carboxylic acids is 2. The third-order valence-corrected chi connectivity index (χ3v) is 6.60. The van der Waals surface area contributed by atoms with Crippen LogP contribution in [0.1, 0.15) is 28.8 Å². The summed E-state index contributed by atoms with van der Waals surface area (Å²) in [6, 6.07) is 8.68. The van der Waals surface area contributed by atoms with Crippen LogP contribution in [0, 0.1) is 5.82 Å². The number of ether oxygens (including phenoxy) is 1. The summed E-state index contributed by atoms with van der Waals surface area (Å²) in [5, 5.41) is 13.1. The molecule has 0 fully saturated rings. The number of aliphatic hydroxyl groups is 1. The van der Waals surface area contributed by atoms with Crippen LogP contribution in [0.15, 0.2) is 48.7 Å². The zero-order chi connectivity index (χ0) is 28.2. The van der Waals surface area contributed by atoms with Gasteiger partial charge >= 0.3 is 6.18 Å². The van der Waals surface area contributed by atoms with Crippen LogP contribution >= 0.6 is 0 Å². The number of pyridine rings is 2. The van der Waals surface area contributed by atoms with Crippen LogP contribution in [0.5, 0.6) is 5.75 Å². The number of nitrogens with two attached hydrogens (primary N) is 1. The Bertz CT molecular complexity index is 1570. The topological polar surface area (TPSA) is 156 Å². The third-order valence-electron chi connectivity index (χ3n) is 6.60. The van der Waals surface area contributed by atoms with Gasteiger partial charge in [-0.25, -0.2) is 19.3 Å². The highest BCUT2D eigenvalue weighted by Gasteiger charge is 2.57. The van der Waals surface area contributed by atoms with E-state index in [0.29, 0.717) is 5.52 Å². The van der Waals surface area contributed by atoms with E-state index in [4.69, 9.17) is 10.5 Å². The molecule has 0 radical (unpaired) electrons. The Kier molecular flexibility index (Phi) is 6.01. The first-order valence-electron chi connectivity index (χ1n) is 11.5. The number of alkyl halides is 3. The number of rotatable bonds is 6. The number of fused-ring (bicyclic) bond motifs is 2. The number of H-pyrrole nitrogens is 1. The summed E-state index contributed by atoms with van der Waals surface area (Å²) in [5.41, 5.74) is -0.178. The molecule has 1 aliphatic heterocycles. The van der Waals surface area contributed by atoms with Crippen molar-refractivity contribution in [2.45, 2.75) is 24.1 Å². The van der Waals surface area contributed by atoms with Crippen molar-refractivity contribution in [1.82, 2.24) is 25.3 Å². The van der Waals surface area contributed by atoms with E-state index < -0.39 is 47.1 Å². The van der Waals surface area contributed by atoms with E-state index in [-0.39, 0.29) is 40.6 Å². The number of amides is 2. The number of nitrogens with zero attached hydrogens (tertiary/aromatic N) is 3. The second kappa shape index (κ2) is 9.01. The molecule has 5 N–H and O–H groups in total. The van der Waals surface area contributed by atoms with Gasteiger partial charge in [-0.1, -0.05) is 0 Å². The Labute approximate surface area is 217 Å². The number of aromatic amines is 1. The lowest BCUT2D eigenvalue weighted by Crippen LogP contribution is -2.52. The average molecular weight is 544 g/mol. The molecule has 0 saturated heterocycles. The monoisotopic (exact) mass is 544 g/mol. The van der Waals surface area contributed by atoms with E-state index in [0.717, 1.165) is 18.2 Å². The zero-order valence-electron chi connectivity index (χ0n) is 20.1. The van der Waals surface area contributed by atoms with Gasteiger partial charge in [-0.15, -0.1) is 0 Å². The minimum absolute atomic E-state index is 0.0324. The molecule has 0 aliphatic carbocycles. The van der Waals surface area contributed by atoms with Crippen LogP contribution in [0.2, 0.25) is 0 Å². The Morgan fingerprint density at radius 2 is 1.92 bits per heavy atom. The van der Waals surface area contributed by atoms with Crippen molar-refractivity contribution in [3.05, 3.63) is 71.6 Å². The normalized spacial score (nSPS) is 18.3. The highest BCUT2D eigenvalue weighted by atomic mass is 19.4. The van der Waals surface area contributed by atoms with E-state index in [1.807, 2.05) is 5.32 Å². The van der Waals surface area contributed by atoms with Crippen molar-refractivity contribution >= 4 is 23.0 Å². The lowest BCUT2D eigenvalue weighted by Gasteiger charge is -2.31. The van der Waals surface area contributed by atoms with E-state index in [2.05, 4.69) is 19.9 Å². The molecule has 2 atom stereocenters. The molecule has 0 saturated carbocycles. The van der Waals surface area contributed by atoms with E-state index in [1.165, 1.54) is 25.3 Å². The summed E-state index contributed by atoms with van der Waals surface area (Å²) in [5.74, 6) is -2.89. The Morgan fingerprint density at radius 1 is 1.21 bits per heavy atom. The molecule has 10 nitrogen and oxygen atoms in total. The van der Waals surface area contributed by atoms with Gasteiger partial charge in [0.1, 0.15) is 29.3 Å². The van der Waals surface area contributed by atoms with Gasteiger partial charge in [-0.3, -0.25) is 9.59 Å². The molecular formula is C25H20F4N6O4. The molecule has 0 bridgehead atoms. The van der Waals surface area contributed by atoms with Gasteiger partial charge in [0, 0.05) is 17.3 Å². The summed E-state index contributed by atoms with van der Waals surface area (Å²) in [6.07, 6.45) is -3.92. The van der Waals surface area contributed by atoms with Crippen LogP contribution < -0.4 is 15.8 Å². The summed E-state index contributed by atoms with van der Waals surface area (Å²) < 4.78 is 62.5. The molecule has 0 unspecified atom stereocenters. The van der Waals surface area contributed by atoms with Crippen molar-refractivity contribution < 1.29 is 37.0 Å². The minimum Gasteiger partial charge on any atom is -0.489 e. The SMILES string of the molecule is C[C@]1(C(N)=O)COc2c1cc([C@@](O)(CNC(=O)c1nc3ncccc3[nH]1)C(F)(F)F)nc2-c1ccc(F)cc1. The van der Waals surface area contributed by atoms with Crippen molar-refractivity contribution in [3.8, 4) is 17.0 Å². The number of hydrogen-bond donors (Lipinski definition) is 4. The lowest BCUT2D eigenvalue weighted by atomic mass is 9.81. The van der Waals surface area contributed by atoms with Crippen molar-refractivity contribution in [2.75, 3.05) is 13.2 Å². The molecule has 4 heterocycles. The molecule has 39 heavy (non-hydrogen) atoms. The molecule has 3 aromatic heterocycles. The zero-order valence-corrected chi connectivity index (χ0v) is 20.1. The van der Waals surface area contributed by atoms with Crippen molar-refractivity contribution in [2.24, 2.45) is 5.73 Å². The number of hydrogen-bond acceptors (Lipinski definition) is 7. The van der Waals surface area contributed by atoms with E-state index in [1.54, 1.807) is 12.1 Å². The van der Waals surface area contributed by atoms with E-state index >= 15 is 0 Å². The van der Waals surface area contributed by atoms with Crippen LogP contribution in [-0.2, 0) is 15.8 Å². The lowest BCUT2D eigenvalue weighted by molar-refractivity contribution is -0.265. The molecule has 2 amide bonds. The van der Waals surface area contributed by atoms with Crippen molar-refractivity contribution in [1.29, 1.82) is 0 Å².